The number of nitriles is 1. The van der Waals surface area contributed by atoms with Crippen molar-refractivity contribution in [3.05, 3.63) is 47.8 Å². The lowest BCUT2D eigenvalue weighted by molar-refractivity contribution is 0.0714. The molecule has 1 aliphatic heterocycles. The van der Waals surface area contributed by atoms with Crippen molar-refractivity contribution < 1.29 is 9.59 Å². The molecule has 0 radical (unpaired) electrons. The molecule has 0 bridgehead atoms. The summed E-state index contributed by atoms with van der Waals surface area (Å²) < 4.78 is 0. The Hall–Kier alpha value is -3.67. The van der Waals surface area contributed by atoms with Gasteiger partial charge in [0.2, 0.25) is 0 Å². The van der Waals surface area contributed by atoms with Gasteiger partial charge in [0, 0.05) is 38.6 Å². The number of amides is 2. The van der Waals surface area contributed by atoms with Crippen LogP contribution in [0.15, 0.2) is 30.9 Å². The lowest BCUT2D eigenvalue weighted by Crippen LogP contribution is -2.37. The summed E-state index contributed by atoms with van der Waals surface area (Å²) in [6.07, 6.45) is 5.28. The van der Waals surface area contributed by atoms with E-state index in [4.69, 9.17) is 5.26 Å². The van der Waals surface area contributed by atoms with Crippen LogP contribution in [-0.4, -0.2) is 67.7 Å². The van der Waals surface area contributed by atoms with Gasteiger partial charge in [-0.3, -0.25) is 9.59 Å². The average molecular weight is 363 g/mol. The number of aromatic nitrogens is 4. The van der Waals surface area contributed by atoms with Gasteiger partial charge >= 0.3 is 0 Å². The predicted molar refractivity (Wildman–Crippen MR) is 95.8 cm³/mol. The Balaban J connectivity index is 1.48. The van der Waals surface area contributed by atoms with Crippen LogP contribution in [0.2, 0.25) is 0 Å². The van der Waals surface area contributed by atoms with Crippen molar-refractivity contribution >= 4 is 22.8 Å². The number of aromatic amines is 2. The van der Waals surface area contributed by atoms with Gasteiger partial charge in [0.25, 0.3) is 11.8 Å². The summed E-state index contributed by atoms with van der Waals surface area (Å²) in [7, 11) is 0. The molecule has 9 nitrogen and oxygen atoms in total. The third kappa shape index (κ3) is 3.13. The highest BCUT2D eigenvalue weighted by Crippen LogP contribution is 2.17. The van der Waals surface area contributed by atoms with Crippen molar-refractivity contribution in [2.45, 2.75) is 6.42 Å². The third-order valence-corrected chi connectivity index (χ3v) is 4.67. The van der Waals surface area contributed by atoms with E-state index in [2.05, 4.69) is 19.9 Å². The molecule has 3 aromatic heterocycles. The van der Waals surface area contributed by atoms with Crippen LogP contribution in [0, 0.1) is 11.3 Å². The predicted octanol–water partition coefficient (Wildman–Crippen LogP) is 1.15. The smallest absolute Gasteiger partial charge is 0.273 e. The molecule has 2 N–H and O–H groups in total. The lowest BCUT2D eigenvalue weighted by Gasteiger charge is -2.21. The molecular formula is C18H17N7O2. The van der Waals surface area contributed by atoms with E-state index in [9.17, 15) is 9.59 Å². The number of H-pyrrole nitrogens is 2. The van der Waals surface area contributed by atoms with E-state index in [1.807, 2.05) is 6.07 Å². The molecule has 0 saturated carbocycles. The quantitative estimate of drug-likeness (QED) is 0.707. The molecule has 9 heteroatoms. The Morgan fingerprint density at radius 3 is 2.59 bits per heavy atom. The SMILES string of the molecule is N#Cc1c[nH]c(C(=O)N2CCCN(C(=O)c3ncnc4[nH]ccc34)CC2)c1. The average Bonchev–Trinajstić information content (AvgIpc) is 3.30. The van der Waals surface area contributed by atoms with Crippen molar-refractivity contribution in [2.24, 2.45) is 0 Å². The van der Waals surface area contributed by atoms with Crippen LogP contribution >= 0.6 is 0 Å². The van der Waals surface area contributed by atoms with Gasteiger partial charge in [0.15, 0.2) is 0 Å². The first-order valence-electron chi connectivity index (χ1n) is 8.62. The molecule has 0 atom stereocenters. The molecule has 4 rings (SSSR count). The number of fused-ring (bicyclic) bond motifs is 1. The second-order valence-electron chi connectivity index (χ2n) is 6.31. The molecule has 0 aromatic carbocycles. The van der Waals surface area contributed by atoms with Gasteiger partial charge in [0.05, 0.1) is 10.9 Å². The molecule has 1 saturated heterocycles. The Morgan fingerprint density at radius 1 is 1.07 bits per heavy atom. The van der Waals surface area contributed by atoms with E-state index in [0.717, 1.165) is 0 Å². The minimum Gasteiger partial charge on any atom is -0.356 e. The lowest BCUT2D eigenvalue weighted by atomic mass is 10.2. The molecule has 0 aliphatic carbocycles. The maximum absolute atomic E-state index is 12.9. The normalized spacial score (nSPS) is 14.8. The summed E-state index contributed by atoms with van der Waals surface area (Å²) >= 11 is 0. The van der Waals surface area contributed by atoms with Gasteiger partial charge in [-0.05, 0) is 18.6 Å². The van der Waals surface area contributed by atoms with Gasteiger partial charge in [-0.25, -0.2) is 9.97 Å². The Morgan fingerprint density at radius 2 is 1.85 bits per heavy atom. The molecule has 3 aromatic rings. The Kier molecular flexibility index (Phi) is 4.30. The van der Waals surface area contributed by atoms with E-state index >= 15 is 0 Å². The topological polar surface area (TPSA) is 122 Å². The zero-order valence-corrected chi connectivity index (χ0v) is 14.5. The van der Waals surface area contributed by atoms with Crippen molar-refractivity contribution in [1.82, 2.24) is 29.7 Å². The van der Waals surface area contributed by atoms with Crippen molar-refractivity contribution in [3.8, 4) is 6.07 Å². The number of hydrogen-bond donors (Lipinski definition) is 2. The van der Waals surface area contributed by atoms with Crippen molar-refractivity contribution in [2.75, 3.05) is 26.2 Å². The summed E-state index contributed by atoms with van der Waals surface area (Å²) in [4.78, 5) is 43.1. The van der Waals surface area contributed by atoms with Crippen molar-refractivity contribution in [1.29, 1.82) is 5.26 Å². The van der Waals surface area contributed by atoms with E-state index in [-0.39, 0.29) is 11.8 Å². The fourth-order valence-electron chi connectivity index (χ4n) is 3.27. The summed E-state index contributed by atoms with van der Waals surface area (Å²) in [6, 6.07) is 5.33. The Bertz CT molecular complexity index is 1050. The van der Waals surface area contributed by atoms with Crippen LogP contribution in [-0.2, 0) is 0 Å². The molecular weight excluding hydrogens is 346 g/mol. The van der Waals surface area contributed by atoms with Gasteiger partial charge in [0.1, 0.15) is 29.4 Å². The molecule has 2 amide bonds. The maximum Gasteiger partial charge on any atom is 0.273 e. The highest BCUT2D eigenvalue weighted by Gasteiger charge is 2.26. The zero-order chi connectivity index (χ0) is 18.8. The number of nitrogens with one attached hydrogen (secondary N) is 2. The molecule has 4 heterocycles. The van der Waals surface area contributed by atoms with E-state index in [1.165, 1.54) is 12.5 Å². The fraction of sp³-hybridized carbons (Fsp3) is 0.278. The van der Waals surface area contributed by atoms with Crippen LogP contribution in [0.25, 0.3) is 11.0 Å². The number of hydrogen-bond acceptors (Lipinski definition) is 5. The van der Waals surface area contributed by atoms with Gasteiger partial charge < -0.3 is 19.8 Å². The minimum atomic E-state index is -0.166. The van der Waals surface area contributed by atoms with Gasteiger partial charge in [-0.2, -0.15) is 5.26 Å². The van der Waals surface area contributed by atoms with E-state index in [0.29, 0.717) is 60.6 Å². The van der Waals surface area contributed by atoms with Crippen LogP contribution in [0.5, 0.6) is 0 Å². The fourth-order valence-corrected chi connectivity index (χ4v) is 3.27. The number of carbonyl (C=O) groups excluding carboxylic acids is 2. The maximum atomic E-state index is 12.9. The summed E-state index contributed by atoms with van der Waals surface area (Å²) in [5.74, 6) is -0.330. The van der Waals surface area contributed by atoms with Crippen molar-refractivity contribution in [3.63, 3.8) is 0 Å². The number of rotatable bonds is 2. The highest BCUT2D eigenvalue weighted by molar-refractivity contribution is 6.03. The molecule has 136 valence electrons. The van der Waals surface area contributed by atoms with E-state index < -0.39 is 0 Å². The third-order valence-electron chi connectivity index (χ3n) is 4.67. The summed E-state index contributed by atoms with van der Waals surface area (Å²) in [5, 5.41) is 9.59. The molecule has 0 unspecified atom stereocenters. The number of carbonyl (C=O) groups is 2. The number of nitrogens with zero attached hydrogens (tertiary/aromatic N) is 5. The standard InChI is InChI=1S/C18H17N7O2/c19-9-12-8-14(21-10-12)17(26)24-4-1-5-25(7-6-24)18(27)15-13-2-3-20-16(13)23-11-22-15/h2-3,8,10-11,21H,1,4-7H2,(H,20,22,23). The van der Waals surface area contributed by atoms with Gasteiger partial charge in [-0.1, -0.05) is 0 Å². The first kappa shape index (κ1) is 16.8. The summed E-state index contributed by atoms with van der Waals surface area (Å²) in [6.45, 7) is 1.94. The monoisotopic (exact) mass is 363 g/mol. The molecule has 0 spiro atoms. The van der Waals surface area contributed by atoms with Crippen LogP contribution in [0.1, 0.15) is 33.0 Å². The van der Waals surface area contributed by atoms with Crippen LogP contribution < -0.4 is 0 Å². The minimum absolute atomic E-state index is 0.164. The first-order chi connectivity index (χ1) is 13.2. The zero-order valence-electron chi connectivity index (χ0n) is 14.5. The van der Waals surface area contributed by atoms with Crippen LogP contribution in [0.4, 0.5) is 0 Å². The molecule has 1 aliphatic rings. The first-order valence-corrected chi connectivity index (χ1v) is 8.62. The largest absolute Gasteiger partial charge is 0.356 e. The summed E-state index contributed by atoms with van der Waals surface area (Å²) in [5.41, 5.74) is 1.80. The highest BCUT2D eigenvalue weighted by atomic mass is 16.2. The van der Waals surface area contributed by atoms with Crippen LogP contribution in [0.3, 0.4) is 0 Å². The van der Waals surface area contributed by atoms with Gasteiger partial charge in [-0.15, -0.1) is 0 Å². The molecule has 27 heavy (non-hydrogen) atoms. The second-order valence-corrected chi connectivity index (χ2v) is 6.31. The Labute approximate surface area is 154 Å². The van der Waals surface area contributed by atoms with E-state index in [1.54, 1.807) is 28.1 Å². The molecule has 1 fully saturated rings. The second kappa shape index (κ2) is 6.92.